The molecule has 2 N–H and O–H groups in total. The van der Waals surface area contributed by atoms with Crippen LogP contribution in [-0.2, 0) is 0 Å². The number of hydrogen-bond acceptors (Lipinski definition) is 5. The van der Waals surface area contributed by atoms with Crippen LogP contribution in [0.3, 0.4) is 0 Å². The molecule has 31 heavy (non-hydrogen) atoms. The lowest BCUT2D eigenvalue weighted by Gasteiger charge is -2.31. The molecule has 3 aromatic carbocycles. The summed E-state index contributed by atoms with van der Waals surface area (Å²) < 4.78 is 11.5. The third-order valence-corrected chi connectivity index (χ3v) is 6.21. The average Bonchev–Trinajstić information content (AvgIpc) is 2.79. The molecule has 0 radical (unpaired) electrons. The predicted molar refractivity (Wildman–Crippen MR) is 127 cm³/mol. The first-order valence-electron chi connectivity index (χ1n) is 9.78. The van der Waals surface area contributed by atoms with Gasteiger partial charge in [-0.3, -0.25) is 10.3 Å². The molecular formula is C24H22BrClN2O3. The Hall–Kier alpha value is -2.54. The lowest BCUT2D eigenvalue weighted by molar-refractivity contribution is 0.360. The number of nitrogens with one attached hydrogen (secondary N) is 1. The number of methoxy groups -OCH3 is 2. The minimum Gasteiger partial charge on any atom is -0.504 e. The van der Waals surface area contributed by atoms with E-state index in [4.69, 9.17) is 26.1 Å². The fraction of sp³-hybridized carbons (Fsp3) is 0.208. The first kappa shape index (κ1) is 21.7. The quantitative estimate of drug-likeness (QED) is 0.447. The van der Waals surface area contributed by atoms with Gasteiger partial charge in [-0.25, -0.2) is 0 Å². The molecule has 0 spiro atoms. The number of hydrogen-bond donors (Lipinski definition) is 2. The molecule has 0 bridgehead atoms. The van der Waals surface area contributed by atoms with Gasteiger partial charge in [0.1, 0.15) is 11.9 Å². The van der Waals surface area contributed by atoms with Gasteiger partial charge in [0.15, 0.2) is 11.5 Å². The minimum atomic E-state index is -0.308. The summed E-state index contributed by atoms with van der Waals surface area (Å²) in [5, 5.41) is 15.0. The van der Waals surface area contributed by atoms with Gasteiger partial charge in [-0.1, -0.05) is 41.9 Å². The van der Waals surface area contributed by atoms with E-state index >= 15 is 0 Å². The lowest BCUT2D eigenvalue weighted by atomic mass is 9.93. The molecule has 0 saturated carbocycles. The molecule has 1 aliphatic rings. The maximum Gasteiger partial charge on any atom is 0.162 e. The van der Waals surface area contributed by atoms with Crippen LogP contribution in [0.15, 0.2) is 70.1 Å². The van der Waals surface area contributed by atoms with E-state index in [0.29, 0.717) is 17.2 Å². The standard InChI is InChI=1S/C24H22BrClN2O3/c1-30-21-11-8-15(12-18(21)25)24-27-19(14-6-9-16(26)10-7-14)13-20(28-24)17-4-3-5-22(31-2)23(17)29/h3-12,20,24,28-29H,13H2,1-2H3/t20-,24-/m0/s1. The smallest absolute Gasteiger partial charge is 0.162 e. The van der Waals surface area contributed by atoms with Gasteiger partial charge < -0.3 is 14.6 Å². The van der Waals surface area contributed by atoms with Crippen LogP contribution in [0.25, 0.3) is 0 Å². The highest BCUT2D eigenvalue weighted by atomic mass is 79.9. The number of nitrogens with zero attached hydrogens (tertiary/aromatic N) is 1. The molecule has 1 heterocycles. The zero-order valence-corrected chi connectivity index (χ0v) is 19.4. The topological polar surface area (TPSA) is 63.1 Å². The molecule has 2 atom stereocenters. The minimum absolute atomic E-state index is 0.134. The predicted octanol–water partition coefficient (Wildman–Crippen LogP) is 6.05. The van der Waals surface area contributed by atoms with Crippen molar-refractivity contribution in [1.29, 1.82) is 0 Å². The number of ether oxygens (including phenoxy) is 2. The van der Waals surface area contributed by atoms with Crippen molar-refractivity contribution in [2.24, 2.45) is 4.99 Å². The van der Waals surface area contributed by atoms with Gasteiger partial charge in [-0.2, -0.15) is 0 Å². The zero-order chi connectivity index (χ0) is 22.0. The fourth-order valence-electron chi connectivity index (χ4n) is 3.73. The van der Waals surface area contributed by atoms with E-state index in [1.165, 1.54) is 0 Å². The fourth-order valence-corrected chi connectivity index (χ4v) is 4.42. The highest BCUT2D eigenvalue weighted by molar-refractivity contribution is 9.10. The van der Waals surface area contributed by atoms with Gasteiger partial charge in [0.25, 0.3) is 0 Å². The molecule has 0 amide bonds. The molecule has 0 fully saturated rings. The van der Waals surface area contributed by atoms with Crippen molar-refractivity contribution >= 4 is 33.2 Å². The van der Waals surface area contributed by atoms with Crippen LogP contribution < -0.4 is 14.8 Å². The molecule has 0 aromatic heterocycles. The first-order valence-corrected chi connectivity index (χ1v) is 10.9. The summed E-state index contributed by atoms with van der Waals surface area (Å²) in [6.45, 7) is 0. The van der Waals surface area contributed by atoms with Crippen molar-refractivity contribution < 1.29 is 14.6 Å². The average molecular weight is 502 g/mol. The van der Waals surface area contributed by atoms with E-state index in [9.17, 15) is 5.11 Å². The van der Waals surface area contributed by atoms with E-state index in [2.05, 4.69) is 21.2 Å². The van der Waals surface area contributed by atoms with Crippen molar-refractivity contribution in [2.45, 2.75) is 18.6 Å². The number of para-hydroxylation sites is 1. The maximum atomic E-state index is 10.8. The van der Waals surface area contributed by atoms with E-state index in [-0.39, 0.29) is 18.0 Å². The van der Waals surface area contributed by atoms with Crippen LogP contribution in [0.2, 0.25) is 5.02 Å². The number of phenolic OH excluding ortho intramolecular Hbond substituents is 1. The Bertz CT molecular complexity index is 1120. The molecule has 0 aliphatic carbocycles. The largest absolute Gasteiger partial charge is 0.504 e. The second kappa shape index (κ2) is 9.30. The Morgan fingerprint density at radius 1 is 1.03 bits per heavy atom. The van der Waals surface area contributed by atoms with E-state index in [1.807, 2.05) is 54.6 Å². The van der Waals surface area contributed by atoms with Crippen LogP contribution in [0, 0.1) is 0 Å². The van der Waals surface area contributed by atoms with Crippen LogP contribution in [0.5, 0.6) is 17.2 Å². The number of aromatic hydroxyl groups is 1. The molecule has 0 saturated heterocycles. The summed E-state index contributed by atoms with van der Waals surface area (Å²) in [4.78, 5) is 4.98. The van der Waals surface area contributed by atoms with Gasteiger partial charge in [-0.15, -0.1) is 0 Å². The molecular weight excluding hydrogens is 480 g/mol. The lowest BCUT2D eigenvalue weighted by Crippen LogP contribution is -2.33. The highest BCUT2D eigenvalue weighted by Gasteiger charge is 2.28. The molecule has 5 nitrogen and oxygen atoms in total. The van der Waals surface area contributed by atoms with Crippen molar-refractivity contribution in [3.63, 3.8) is 0 Å². The Morgan fingerprint density at radius 3 is 2.45 bits per heavy atom. The van der Waals surface area contributed by atoms with E-state index < -0.39 is 0 Å². The Labute approximate surface area is 194 Å². The molecule has 7 heteroatoms. The van der Waals surface area contributed by atoms with Crippen LogP contribution in [-0.4, -0.2) is 25.0 Å². The van der Waals surface area contributed by atoms with E-state index in [1.54, 1.807) is 20.3 Å². The zero-order valence-electron chi connectivity index (χ0n) is 17.1. The normalized spacial score (nSPS) is 18.4. The molecule has 3 aromatic rings. The Balaban J connectivity index is 1.77. The first-order chi connectivity index (χ1) is 15.0. The van der Waals surface area contributed by atoms with Gasteiger partial charge >= 0.3 is 0 Å². The van der Waals surface area contributed by atoms with Crippen molar-refractivity contribution in [1.82, 2.24) is 5.32 Å². The van der Waals surface area contributed by atoms with Crippen LogP contribution in [0.4, 0.5) is 0 Å². The number of phenols is 1. The highest BCUT2D eigenvalue weighted by Crippen LogP contribution is 2.39. The summed E-state index contributed by atoms with van der Waals surface area (Å²) in [5.74, 6) is 1.33. The summed E-state index contributed by atoms with van der Waals surface area (Å²) in [7, 11) is 3.18. The van der Waals surface area contributed by atoms with Crippen molar-refractivity contribution in [3.05, 3.63) is 86.8 Å². The second-order valence-corrected chi connectivity index (χ2v) is 8.49. The monoisotopic (exact) mass is 500 g/mol. The summed E-state index contributed by atoms with van der Waals surface area (Å²) in [5.41, 5.74) is 3.67. The van der Waals surface area contributed by atoms with Gasteiger partial charge in [0.2, 0.25) is 0 Å². The third kappa shape index (κ3) is 4.56. The van der Waals surface area contributed by atoms with Gasteiger partial charge in [0.05, 0.1) is 18.7 Å². The maximum absolute atomic E-state index is 10.8. The summed E-state index contributed by atoms with van der Waals surface area (Å²) in [6, 6.07) is 18.9. The van der Waals surface area contributed by atoms with Crippen LogP contribution >= 0.6 is 27.5 Å². The van der Waals surface area contributed by atoms with E-state index in [0.717, 1.165) is 32.6 Å². The number of rotatable bonds is 5. The second-order valence-electron chi connectivity index (χ2n) is 7.20. The third-order valence-electron chi connectivity index (χ3n) is 5.34. The summed E-state index contributed by atoms with van der Waals surface area (Å²) in [6.07, 6.45) is 0.299. The Kier molecular flexibility index (Phi) is 6.51. The number of aliphatic imine (C=N–C) groups is 1. The van der Waals surface area contributed by atoms with Crippen LogP contribution in [0.1, 0.15) is 35.3 Å². The Morgan fingerprint density at radius 2 is 1.77 bits per heavy atom. The molecule has 160 valence electrons. The number of halogens is 2. The molecule has 0 unspecified atom stereocenters. The summed E-state index contributed by atoms with van der Waals surface area (Å²) >= 11 is 9.64. The molecule has 4 rings (SSSR count). The van der Waals surface area contributed by atoms with Crippen molar-refractivity contribution in [3.8, 4) is 17.2 Å². The number of benzene rings is 3. The van der Waals surface area contributed by atoms with Crippen molar-refractivity contribution in [2.75, 3.05) is 14.2 Å². The van der Waals surface area contributed by atoms with Gasteiger partial charge in [-0.05, 0) is 57.4 Å². The SMILES string of the molecule is COc1ccc([C@H]2N=C(c3ccc(Cl)cc3)C[C@@H](c3cccc(OC)c3O)N2)cc1Br. The van der Waals surface area contributed by atoms with Gasteiger partial charge in [0, 0.05) is 28.8 Å². The molecule has 1 aliphatic heterocycles.